The molecule has 0 spiro atoms. The monoisotopic (exact) mass is 460 g/mol. The average molecular weight is 461 g/mol. The zero-order chi connectivity index (χ0) is 24.4. The Morgan fingerprint density at radius 1 is 0.457 bits per heavy atom. The van der Waals surface area contributed by atoms with Crippen LogP contribution in [0, 0.1) is 0 Å². The van der Waals surface area contributed by atoms with E-state index in [0.717, 1.165) is 26.2 Å². The zero-order valence-corrected chi connectivity index (χ0v) is 21.5. The molecule has 0 heterocycles. The standard InChI is InChI=1S/C33H36N2/c1-5-34(6-2)27-21-17-25(18-22-27)33(26-19-23-28(24-20-26)35(7-3)8-4)31-15-11-9-13-29(31)30-14-10-12-16-32(30)33/h9-24H,5-8H2,1-4H3. The first-order valence-corrected chi connectivity index (χ1v) is 13.1. The van der Waals surface area contributed by atoms with E-state index < -0.39 is 0 Å². The number of fused-ring (bicyclic) bond motifs is 3. The topological polar surface area (TPSA) is 6.48 Å². The van der Waals surface area contributed by atoms with E-state index in [1.807, 2.05) is 0 Å². The van der Waals surface area contributed by atoms with Gasteiger partial charge in [0.25, 0.3) is 0 Å². The van der Waals surface area contributed by atoms with Crippen molar-refractivity contribution in [1.29, 1.82) is 0 Å². The van der Waals surface area contributed by atoms with E-state index in [1.54, 1.807) is 0 Å². The van der Waals surface area contributed by atoms with Crippen LogP contribution in [0.5, 0.6) is 0 Å². The van der Waals surface area contributed by atoms with Crippen LogP contribution in [0.3, 0.4) is 0 Å². The highest BCUT2D eigenvalue weighted by Crippen LogP contribution is 2.56. The SMILES string of the molecule is CCN(CC)c1ccc(C2(c3ccc(N(CC)CC)cc3)c3ccccc3-c3ccccc32)cc1. The molecule has 0 atom stereocenters. The molecule has 5 rings (SSSR count). The number of hydrogen-bond donors (Lipinski definition) is 0. The van der Waals surface area contributed by atoms with Crippen molar-refractivity contribution in [2.75, 3.05) is 36.0 Å². The molecule has 0 unspecified atom stereocenters. The van der Waals surface area contributed by atoms with Crippen LogP contribution in [-0.2, 0) is 5.41 Å². The molecule has 4 aromatic carbocycles. The molecule has 2 nitrogen and oxygen atoms in total. The summed E-state index contributed by atoms with van der Waals surface area (Å²) >= 11 is 0. The Labute approximate surface area is 210 Å². The average Bonchev–Trinajstić information content (AvgIpc) is 3.22. The van der Waals surface area contributed by atoms with Crippen molar-refractivity contribution in [3.8, 4) is 11.1 Å². The van der Waals surface area contributed by atoms with Gasteiger partial charge in [-0.3, -0.25) is 0 Å². The third-order valence-corrected chi connectivity index (χ3v) is 7.81. The summed E-state index contributed by atoms with van der Waals surface area (Å²) in [5, 5.41) is 0. The lowest BCUT2D eigenvalue weighted by Crippen LogP contribution is -2.29. The van der Waals surface area contributed by atoms with Gasteiger partial charge >= 0.3 is 0 Å². The molecular weight excluding hydrogens is 424 g/mol. The van der Waals surface area contributed by atoms with Crippen LogP contribution in [0.4, 0.5) is 11.4 Å². The molecule has 1 aliphatic rings. The third kappa shape index (κ3) is 3.63. The van der Waals surface area contributed by atoms with Gasteiger partial charge in [0.05, 0.1) is 5.41 Å². The molecule has 2 heteroatoms. The summed E-state index contributed by atoms with van der Waals surface area (Å²) in [5.74, 6) is 0. The molecule has 0 radical (unpaired) electrons. The zero-order valence-electron chi connectivity index (χ0n) is 21.5. The number of nitrogens with zero attached hydrogens (tertiary/aromatic N) is 2. The lowest BCUT2D eigenvalue weighted by molar-refractivity contribution is 0.766. The molecule has 0 bridgehead atoms. The number of anilines is 2. The molecule has 0 amide bonds. The summed E-state index contributed by atoms with van der Waals surface area (Å²) in [7, 11) is 0. The van der Waals surface area contributed by atoms with Gasteiger partial charge in [-0.15, -0.1) is 0 Å². The number of benzene rings is 4. The normalized spacial score (nSPS) is 13.3. The maximum absolute atomic E-state index is 2.41. The van der Waals surface area contributed by atoms with Gasteiger partial charge in [0, 0.05) is 37.6 Å². The van der Waals surface area contributed by atoms with E-state index in [0.29, 0.717) is 0 Å². The van der Waals surface area contributed by atoms with Gasteiger partial charge in [-0.05, 0) is 85.3 Å². The molecule has 0 N–H and O–H groups in total. The van der Waals surface area contributed by atoms with Gasteiger partial charge in [-0.2, -0.15) is 0 Å². The van der Waals surface area contributed by atoms with Crippen molar-refractivity contribution in [3.63, 3.8) is 0 Å². The van der Waals surface area contributed by atoms with E-state index >= 15 is 0 Å². The summed E-state index contributed by atoms with van der Waals surface area (Å²) in [6.07, 6.45) is 0. The third-order valence-electron chi connectivity index (χ3n) is 7.81. The Kier molecular flexibility index (Phi) is 6.38. The van der Waals surface area contributed by atoms with E-state index in [9.17, 15) is 0 Å². The second-order valence-electron chi connectivity index (χ2n) is 9.28. The Balaban J connectivity index is 1.76. The second-order valence-corrected chi connectivity index (χ2v) is 9.28. The van der Waals surface area contributed by atoms with Crippen molar-refractivity contribution in [2.45, 2.75) is 33.1 Å². The second kappa shape index (κ2) is 9.62. The van der Waals surface area contributed by atoms with Crippen LogP contribution in [0.2, 0.25) is 0 Å². The minimum Gasteiger partial charge on any atom is -0.372 e. The van der Waals surface area contributed by atoms with Gasteiger partial charge in [0.15, 0.2) is 0 Å². The lowest BCUT2D eigenvalue weighted by Gasteiger charge is -2.35. The fraction of sp³-hybridized carbons (Fsp3) is 0.273. The summed E-state index contributed by atoms with van der Waals surface area (Å²) in [6.45, 7) is 12.9. The van der Waals surface area contributed by atoms with Gasteiger partial charge in [0.1, 0.15) is 0 Å². The van der Waals surface area contributed by atoms with Gasteiger partial charge in [0.2, 0.25) is 0 Å². The molecule has 0 fully saturated rings. The summed E-state index contributed by atoms with van der Waals surface area (Å²) in [5.41, 5.74) is 10.3. The molecule has 4 aromatic rings. The summed E-state index contributed by atoms with van der Waals surface area (Å²) < 4.78 is 0. The van der Waals surface area contributed by atoms with Crippen molar-refractivity contribution < 1.29 is 0 Å². The molecular formula is C33H36N2. The molecule has 0 saturated carbocycles. The van der Waals surface area contributed by atoms with Crippen molar-refractivity contribution in [3.05, 3.63) is 119 Å². The number of hydrogen-bond acceptors (Lipinski definition) is 2. The van der Waals surface area contributed by atoms with E-state index in [-0.39, 0.29) is 5.41 Å². The summed E-state index contributed by atoms with van der Waals surface area (Å²) in [4.78, 5) is 4.82. The minimum absolute atomic E-state index is 0.337. The quantitative estimate of drug-likeness (QED) is 0.234. The Hall–Kier alpha value is -3.52. The van der Waals surface area contributed by atoms with Gasteiger partial charge < -0.3 is 9.80 Å². The minimum atomic E-state index is -0.337. The molecule has 0 saturated heterocycles. The smallest absolute Gasteiger partial charge is 0.0713 e. The lowest BCUT2D eigenvalue weighted by atomic mass is 9.67. The predicted octanol–water partition coefficient (Wildman–Crippen LogP) is 7.74. The molecule has 0 aliphatic heterocycles. The Morgan fingerprint density at radius 3 is 1.14 bits per heavy atom. The Morgan fingerprint density at radius 2 is 0.800 bits per heavy atom. The van der Waals surface area contributed by atoms with Gasteiger partial charge in [-0.1, -0.05) is 72.8 Å². The highest BCUT2D eigenvalue weighted by Gasteiger charge is 2.45. The van der Waals surface area contributed by atoms with Crippen molar-refractivity contribution in [2.24, 2.45) is 0 Å². The fourth-order valence-corrected chi connectivity index (χ4v) is 6.05. The number of rotatable bonds is 8. The molecule has 1 aliphatic carbocycles. The van der Waals surface area contributed by atoms with Crippen LogP contribution >= 0.6 is 0 Å². The maximum Gasteiger partial charge on any atom is 0.0713 e. The fourth-order valence-electron chi connectivity index (χ4n) is 6.05. The highest BCUT2D eigenvalue weighted by atomic mass is 15.1. The van der Waals surface area contributed by atoms with Crippen LogP contribution in [0.15, 0.2) is 97.1 Å². The van der Waals surface area contributed by atoms with Gasteiger partial charge in [-0.25, -0.2) is 0 Å². The largest absolute Gasteiger partial charge is 0.372 e. The van der Waals surface area contributed by atoms with Crippen LogP contribution in [0.25, 0.3) is 11.1 Å². The van der Waals surface area contributed by atoms with Crippen LogP contribution in [-0.4, -0.2) is 26.2 Å². The summed E-state index contributed by atoms with van der Waals surface area (Å²) in [6, 6.07) is 36.5. The molecule has 0 aromatic heterocycles. The first kappa shape index (κ1) is 23.2. The van der Waals surface area contributed by atoms with Crippen LogP contribution < -0.4 is 9.80 Å². The van der Waals surface area contributed by atoms with Crippen molar-refractivity contribution >= 4 is 11.4 Å². The first-order chi connectivity index (χ1) is 17.2. The first-order valence-electron chi connectivity index (χ1n) is 13.1. The molecule has 35 heavy (non-hydrogen) atoms. The molecule has 178 valence electrons. The van der Waals surface area contributed by atoms with E-state index in [2.05, 4.69) is 135 Å². The highest BCUT2D eigenvalue weighted by molar-refractivity contribution is 5.86. The van der Waals surface area contributed by atoms with E-state index in [4.69, 9.17) is 0 Å². The maximum atomic E-state index is 2.41. The van der Waals surface area contributed by atoms with Crippen LogP contribution in [0.1, 0.15) is 49.9 Å². The Bertz CT molecular complexity index is 1180. The predicted molar refractivity (Wildman–Crippen MR) is 151 cm³/mol. The van der Waals surface area contributed by atoms with E-state index in [1.165, 1.54) is 44.8 Å². The van der Waals surface area contributed by atoms with Crippen molar-refractivity contribution in [1.82, 2.24) is 0 Å².